The van der Waals surface area contributed by atoms with Gasteiger partial charge in [0.2, 0.25) is 0 Å². The van der Waals surface area contributed by atoms with Crippen molar-refractivity contribution in [3.63, 3.8) is 0 Å². The summed E-state index contributed by atoms with van der Waals surface area (Å²) in [5, 5.41) is 8.84. The number of nitrogen functional groups attached to an aromatic ring is 1. The lowest BCUT2D eigenvalue weighted by atomic mass is 10.0. The molecule has 0 saturated heterocycles. The second kappa shape index (κ2) is 6.00. The highest BCUT2D eigenvalue weighted by Gasteiger charge is 2.14. The second-order valence-corrected chi connectivity index (χ2v) is 3.62. The van der Waals surface area contributed by atoms with E-state index >= 15 is 0 Å². The van der Waals surface area contributed by atoms with Gasteiger partial charge in [-0.3, -0.25) is 4.79 Å². The Bertz CT molecular complexity index is 352. The number of carbonyl (C=O) groups is 1. The van der Waals surface area contributed by atoms with E-state index in [-0.39, 0.29) is 5.92 Å². The molecule has 0 amide bonds. The van der Waals surface area contributed by atoms with Crippen LogP contribution in [0, 0.1) is 5.92 Å². The fraction of sp³-hybridized carbons (Fsp3) is 0.417. The zero-order valence-electron chi connectivity index (χ0n) is 9.35. The summed E-state index contributed by atoms with van der Waals surface area (Å²) < 4.78 is 5.43. The molecule has 1 rings (SSSR count). The van der Waals surface area contributed by atoms with E-state index in [1.165, 1.54) is 0 Å². The van der Waals surface area contributed by atoms with Gasteiger partial charge in [0.1, 0.15) is 5.75 Å². The average Bonchev–Trinajstić information content (AvgIpc) is 2.26. The number of ether oxygens (including phenoxy) is 1. The third kappa shape index (κ3) is 3.46. The van der Waals surface area contributed by atoms with Crippen LogP contribution in [0.5, 0.6) is 5.75 Å². The molecule has 0 aliphatic heterocycles. The average molecular weight is 223 g/mol. The maximum Gasteiger partial charge on any atom is 0.306 e. The van der Waals surface area contributed by atoms with Crippen LogP contribution >= 0.6 is 0 Å². The number of hydrogen-bond donors (Lipinski definition) is 2. The molecule has 1 aromatic rings. The van der Waals surface area contributed by atoms with Crippen molar-refractivity contribution in [2.75, 3.05) is 12.3 Å². The number of anilines is 1. The summed E-state index contributed by atoms with van der Waals surface area (Å²) in [4.78, 5) is 10.8. The van der Waals surface area contributed by atoms with E-state index in [0.717, 1.165) is 0 Å². The van der Waals surface area contributed by atoms with Crippen molar-refractivity contribution < 1.29 is 14.6 Å². The zero-order chi connectivity index (χ0) is 12.0. The number of hydrogen-bond acceptors (Lipinski definition) is 3. The number of aliphatic carboxylic acids is 1. The molecule has 1 unspecified atom stereocenters. The van der Waals surface area contributed by atoms with Crippen molar-refractivity contribution >= 4 is 11.7 Å². The van der Waals surface area contributed by atoms with Gasteiger partial charge in [-0.25, -0.2) is 0 Å². The first-order valence-electron chi connectivity index (χ1n) is 5.35. The maximum absolute atomic E-state index is 10.8. The van der Waals surface area contributed by atoms with Crippen LogP contribution in [0.25, 0.3) is 0 Å². The van der Waals surface area contributed by atoms with Crippen LogP contribution in [0.1, 0.15) is 19.8 Å². The van der Waals surface area contributed by atoms with Gasteiger partial charge in [0, 0.05) is 0 Å². The highest BCUT2D eigenvalue weighted by atomic mass is 16.5. The SMILES string of the molecule is CCC(CCOc1ccccc1N)C(=O)O. The Morgan fingerprint density at radius 2 is 2.19 bits per heavy atom. The van der Waals surface area contributed by atoms with Gasteiger partial charge in [0.25, 0.3) is 0 Å². The van der Waals surface area contributed by atoms with E-state index in [9.17, 15) is 4.79 Å². The number of carboxylic acids is 1. The lowest BCUT2D eigenvalue weighted by Gasteiger charge is -2.11. The number of benzene rings is 1. The largest absolute Gasteiger partial charge is 0.491 e. The number of carboxylic acid groups (broad SMARTS) is 1. The Balaban J connectivity index is 2.41. The van der Waals surface area contributed by atoms with Crippen LogP contribution in [-0.4, -0.2) is 17.7 Å². The molecule has 0 heterocycles. The number of nitrogens with two attached hydrogens (primary N) is 1. The van der Waals surface area contributed by atoms with Crippen molar-refractivity contribution in [1.29, 1.82) is 0 Å². The normalized spacial score (nSPS) is 12.1. The lowest BCUT2D eigenvalue weighted by molar-refractivity contribution is -0.142. The van der Waals surface area contributed by atoms with Crippen molar-refractivity contribution in [3.8, 4) is 5.75 Å². The summed E-state index contributed by atoms with van der Waals surface area (Å²) in [5.41, 5.74) is 6.26. The molecule has 3 N–H and O–H groups in total. The summed E-state index contributed by atoms with van der Waals surface area (Å²) in [7, 11) is 0. The van der Waals surface area contributed by atoms with E-state index in [1.54, 1.807) is 12.1 Å². The molecule has 4 nitrogen and oxygen atoms in total. The minimum Gasteiger partial charge on any atom is -0.491 e. The molecule has 0 radical (unpaired) electrons. The van der Waals surface area contributed by atoms with Gasteiger partial charge in [-0.2, -0.15) is 0 Å². The van der Waals surface area contributed by atoms with Crippen LogP contribution in [-0.2, 0) is 4.79 Å². The maximum atomic E-state index is 10.8. The monoisotopic (exact) mass is 223 g/mol. The molecule has 88 valence electrons. The molecule has 4 heteroatoms. The summed E-state index contributed by atoms with van der Waals surface area (Å²) in [6.07, 6.45) is 1.11. The molecule has 0 fully saturated rings. The smallest absolute Gasteiger partial charge is 0.306 e. The van der Waals surface area contributed by atoms with Crippen LogP contribution in [0.3, 0.4) is 0 Å². The van der Waals surface area contributed by atoms with Crippen LogP contribution in [0.4, 0.5) is 5.69 Å². The fourth-order valence-electron chi connectivity index (χ4n) is 1.43. The molecule has 0 aromatic heterocycles. The Hall–Kier alpha value is -1.71. The van der Waals surface area contributed by atoms with Gasteiger partial charge in [-0.1, -0.05) is 19.1 Å². The van der Waals surface area contributed by atoms with Crippen LogP contribution in [0.15, 0.2) is 24.3 Å². The molecule has 0 aliphatic carbocycles. The summed E-state index contributed by atoms with van der Waals surface area (Å²) in [6, 6.07) is 7.19. The molecular weight excluding hydrogens is 206 g/mol. The van der Waals surface area contributed by atoms with Crippen molar-refractivity contribution in [2.24, 2.45) is 5.92 Å². The Kier molecular flexibility index (Phi) is 4.64. The topological polar surface area (TPSA) is 72.5 Å². The quantitative estimate of drug-likeness (QED) is 0.725. The first kappa shape index (κ1) is 12.4. The van der Waals surface area contributed by atoms with Crippen molar-refractivity contribution in [2.45, 2.75) is 19.8 Å². The standard InChI is InChI=1S/C12H17NO3/c1-2-9(12(14)15)7-8-16-11-6-4-3-5-10(11)13/h3-6,9H,2,7-8,13H2,1H3,(H,14,15). The first-order chi connectivity index (χ1) is 7.65. The van der Waals surface area contributed by atoms with Gasteiger partial charge < -0.3 is 15.6 Å². The number of rotatable bonds is 6. The van der Waals surface area contributed by atoms with Gasteiger partial charge in [-0.15, -0.1) is 0 Å². The molecule has 0 bridgehead atoms. The van der Waals surface area contributed by atoms with Gasteiger partial charge in [0.05, 0.1) is 18.2 Å². The fourth-order valence-corrected chi connectivity index (χ4v) is 1.43. The second-order valence-electron chi connectivity index (χ2n) is 3.62. The van der Waals surface area contributed by atoms with E-state index in [2.05, 4.69) is 0 Å². The molecule has 1 aromatic carbocycles. The zero-order valence-corrected chi connectivity index (χ0v) is 9.35. The van der Waals surface area contributed by atoms with E-state index in [1.807, 2.05) is 19.1 Å². The van der Waals surface area contributed by atoms with Crippen molar-refractivity contribution in [1.82, 2.24) is 0 Å². The molecule has 1 atom stereocenters. The Labute approximate surface area is 95.0 Å². The van der Waals surface area contributed by atoms with E-state index in [4.69, 9.17) is 15.6 Å². The third-order valence-corrected chi connectivity index (χ3v) is 2.48. The Morgan fingerprint density at radius 1 is 1.50 bits per heavy atom. The predicted octanol–water partition coefficient (Wildman–Crippen LogP) is 2.15. The van der Waals surface area contributed by atoms with Gasteiger partial charge in [-0.05, 0) is 25.0 Å². The molecule has 0 aliphatic rings. The highest BCUT2D eigenvalue weighted by Crippen LogP contribution is 2.20. The number of para-hydroxylation sites is 2. The molecule has 16 heavy (non-hydrogen) atoms. The van der Waals surface area contributed by atoms with Crippen LogP contribution in [0.2, 0.25) is 0 Å². The molecule has 0 saturated carbocycles. The predicted molar refractivity (Wildman–Crippen MR) is 62.4 cm³/mol. The van der Waals surface area contributed by atoms with Gasteiger partial charge in [0.15, 0.2) is 0 Å². The molecule has 0 spiro atoms. The first-order valence-corrected chi connectivity index (χ1v) is 5.35. The minimum atomic E-state index is -0.771. The van der Waals surface area contributed by atoms with Gasteiger partial charge >= 0.3 is 5.97 Å². The third-order valence-electron chi connectivity index (χ3n) is 2.48. The van der Waals surface area contributed by atoms with E-state index in [0.29, 0.717) is 30.9 Å². The summed E-state index contributed by atoms with van der Waals surface area (Å²) in [6.45, 7) is 2.23. The van der Waals surface area contributed by atoms with Crippen molar-refractivity contribution in [3.05, 3.63) is 24.3 Å². The summed E-state index contributed by atoms with van der Waals surface area (Å²) in [5.74, 6) is -0.500. The van der Waals surface area contributed by atoms with E-state index < -0.39 is 5.97 Å². The molecular formula is C12H17NO3. The van der Waals surface area contributed by atoms with Crippen LogP contribution < -0.4 is 10.5 Å². The minimum absolute atomic E-state index is 0.343. The lowest BCUT2D eigenvalue weighted by Crippen LogP contribution is -2.16. The highest BCUT2D eigenvalue weighted by molar-refractivity contribution is 5.69. The Morgan fingerprint density at radius 3 is 2.75 bits per heavy atom. The summed E-state index contributed by atoms with van der Waals surface area (Å²) >= 11 is 0.